The van der Waals surface area contributed by atoms with Crippen molar-refractivity contribution >= 4 is 28.5 Å². The highest BCUT2D eigenvalue weighted by atomic mass is 35.5. The molecule has 0 aromatic heterocycles. The molecule has 2 atom stereocenters. The van der Waals surface area contributed by atoms with Crippen LogP contribution < -0.4 is 0 Å². The summed E-state index contributed by atoms with van der Waals surface area (Å²) in [6.45, 7) is 4.19. The Morgan fingerprint density at radius 2 is 2.38 bits per heavy atom. The van der Waals surface area contributed by atoms with Crippen LogP contribution >= 0.6 is 23.4 Å². The van der Waals surface area contributed by atoms with E-state index in [-0.39, 0.29) is 4.87 Å². The van der Waals surface area contributed by atoms with E-state index in [1.54, 1.807) is 0 Å². The third-order valence-corrected chi connectivity index (χ3v) is 4.27. The lowest BCUT2D eigenvalue weighted by atomic mass is 9.80. The van der Waals surface area contributed by atoms with Crippen LogP contribution in [-0.4, -0.2) is 16.3 Å². The summed E-state index contributed by atoms with van der Waals surface area (Å²) in [7, 11) is 0. The van der Waals surface area contributed by atoms with Gasteiger partial charge in [0.1, 0.15) is 10.0 Å². The molecule has 1 nitrogen and oxygen atoms in total. The summed E-state index contributed by atoms with van der Waals surface area (Å²) in [4.78, 5) is 4.63. The second-order valence-corrected chi connectivity index (χ2v) is 4.93. The fourth-order valence-electron chi connectivity index (χ4n) is 1.55. The zero-order valence-electron chi connectivity index (χ0n) is 8.38. The number of aliphatic imine (C=N–C) groups is 1. The van der Waals surface area contributed by atoms with E-state index in [4.69, 9.17) is 11.6 Å². The van der Waals surface area contributed by atoms with E-state index in [9.17, 15) is 0 Å². The van der Waals surface area contributed by atoms with E-state index in [0.29, 0.717) is 11.1 Å². The summed E-state index contributed by atoms with van der Waals surface area (Å²) in [5.74, 6) is 0.654. The molecule has 0 aromatic rings. The van der Waals surface area contributed by atoms with E-state index in [1.807, 2.05) is 30.8 Å². The van der Waals surface area contributed by atoms with Gasteiger partial charge in [-0.15, -0.1) is 11.8 Å². The van der Waals surface area contributed by atoms with Crippen molar-refractivity contribution < 1.29 is 0 Å². The summed E-state index contributed by atoms with van der Waals surface area (Å²) in [5.41, 5.74) is 0. The monoisotopic (exact) mass is 217 g/mol. The maximum Gasteiger partial charge on any atom is 0.124 e. The first-order valence-electron chi connectivity index (χ1n) is 4.58. The van der Waals surface area contributed by atoms with Gasteiger partial charge in [0.25, 0.3) is 0 Å². The molecule has 0 amide bonds. The molecule has 0 radical (unpaired) electrons. The SMILES string of the molecule is C/C=C\C(Cl)=NC1(SC)CCC1C. The van der Waals surface area contributed by atoms with Gasteiger partial charge in [0.2, 0.25) is 0 Å². The molecule has 1 saturated carbocycles. The minimum Gasteiger partial charge on any atom is -0.255 e. The highest BCUT2D eigenvalue weighted by Crippen LogP contribution is 2.49. The van der Waals surface area contributed by atoms with Crippen molar-refractivity contribution in [2.45, 2.75) is 31.6 Å². The van der Waals surface area contributed by atoms with Gasteiger partial charge in [-0.2, -0.15) is 0 Å². The Morgan fingerprint density at radius 1 is 1.69 bits per heavy atom. The van der Waals surface area contributed by atoms with Crippen LogP contribution in [-0.2, 0) is 0 Å². The van der Waals surface area contributed by atoms with Crippen molar-refractivity contribution in [3.05, 3.63) is 12.2 Å². The second kappa shape index (κ2) is 4.52. The molecule has 2 unspecified atom stereocenters. The Morgan fingerprint density at radius 3 is 2.69 bits per heavy atom. The zero-order chi connectivity index (χ0) is 9.90. The largest absolute Gasteiger partial charge is 0.255 e. The molecule has 0 saturated heterocycles. The number of allylic oxidation sites excluding steroid dienone is 2. The number of hydrogen-bond acceptors (Lipinski definition) is 2. The van der Waals surface area contributed by atoms with Crippen molar-refractivity contribution in [3.8, 4) is 0 Å². The lowest BCUT2D eigenvalue weighted by Crippen LogP contribution is -2.40. The third-order valence-electron chi connectivity index (χ3n) is 2.66. The van der Waals surface area contributed by atoms with Gasteiger partial charge in [0.15, 0.2) is 0 Å². The molecule has 74 valence electrons. The van der Waals surface area contributed by atoms with Crippen molar-refractivity contribution in [2.24, 2.45) is 10.9 Å². The van der Waals surface area contributed by atoms with E-state index in [0.717, 1.165) is 6.42 Å². The van der Waals surface area contributed by atoms with Gasteiger partial charge >= 0.3 is 0 Å². The Labute approximate surface area is 89.6 Å². The Bertz CT molecular complexity index is 233. The van der Waals surface area contributed by atoms with Gasteiger partial charge in [0, 0.05) is 0 Å². The quantitative estimate of drug-likeness (QED) is 0.657. The second-order valence-electron chi connectivity index (χ2n) is 3.42. The van der Waals surface area contributed by atoms with Gasteiger partial charge in [-0.05, 0) is 38.0 Å². The molecule has 1 rings (SSSR count). The highest BCUT2D eigenvalue weighted by Gasteiger charge is 2.43. The number of halogens is 1. The van der Waals surface area contributed by atoms with Crippen molar-refractivity contribution in [1.29, 1.82) is 0 Å². The van der Waals surface area contributed by atoms with Crippen LogP contribution in [0.5, 0.6) is 0 Å². The topological polar surface area (TPSA) is 12.4 Å². The van der Waals surface area contributed by atoms with E-state index in [2.05, 4.69) is 18.2 Å². The molecule has 13 heavy (non-hydrogen) atoms. The predicted molar refractivity (Wildman–Crippen MR) is 62.7 cm³/mol. The molecular weight excluding hydrogens is 202 g/mol. The molecule has 1 aliphatic carbocycles. The smallest absolute Gasteiger partial charge is 0.124 e. The van der Waals surface area contributed by atoms with Crippen LogP contribution in [0.3, 0.4) is 0 Å². The Balaban J connectivity index is 2.73. The molecular formula is C10H16ClNS. The first-order valence-corrected chi connectivity index (χ1v) is 6.18. The predicted octanol–water partition coefficient (Wildman–Crippen LogP) is 3.69. The van der Waals surface area contributed by atoms with Crippen LogP contribution in [0.4, 0.5) is 0 Å². The molecule has 0 N–H and O–H groups in total. The Hall–Kier alpha value is 0.0500. The Kier molecular flexibility index (Phi) is 3.87. The molecule has 0 heterocycles. The normalized spacial score (nSPS) is 35.1. The molecule has 1 fully saturated rings. The van der Waals surface area contributed by atoms with Gasteiger partial charge in [-0.3, -0.25) is 4.99 Å². The lowest BCUT2D eigenvalue weighted by Gasteiger charge is -2.43. The van der Waals surface area contributed by atoms with Crippen molar-refractivity contribution in [2.75, 3.05) is 6.26 Å². The third kappa shape index (κ3) is 2.29. The number of rotatable bonds is 3. The summed E-state index contributed by atoms with van der Waals surface area (Å²) >= 11 is 7.79. The maximum atomic E-state index is 5.97. The number of thioether (sulfide) groups is 1. The molecule has 1 aliphatic rings. The van der Waals surface area contributed by atoms with Crippen LogP contribution in [0.1, 0.15) is 26.7 Å². The molecule has 0 aromatic carbocycles. The highest BCUT2D eigenvalue weighted by molar-refractivity contribution is 8.00. The first-order chi connectivity index (χ1) is 6.14. The number of hydrogen-bond donors (Lipinski definition) is 0. The maximum absolute atomic E-state index is 5.97. The lowest BCUT2D eigenvalue weighted by molar-refractivity contribution is 0.249. The van der Waals surface area contributed by atoms with Crippen LogP contribution in [0.25, 0.3) is 0 Å². The summed E-state index contributed by atoms with van der Waals surface area (Å²) in [5, 5.41) is 0.628. The van der Waals surface area contributed by atoms with Crippen LogP contribution in [0, 0.1) is 5.92 Å². The summed E-state index contributed by atoms with van der Waals surface area (Å²) < 4.78 is 0. The molecule has 0 aliphatic heterocycles. The van der Waals surface area contributed by atoms with E-state index in [1.165, 1.54) is 6.42 Å². The van der Waals surface area contributed by atoms with E-state index < -0.39 is 0 Å². The first kappa shape index (κ1) is 11.1. The summed E-state index contributed by atoms with van der Waals surface area (Å²) in [6, 6.07) is 0. The average Bonchev–Trinajstić information content (AvgIpc) is 2.12. The minimum atomic E-state index is 0.0661. The van der Waals surface area contributed by atoms with Crippen LogP contribution in [0.15, 0.2) is 17.1 Å². The van der Waals surface area contributed by atoms with E-state index >= 15 is 0 Å². The molecule has 0 bridgehead atoms. The number of nitrogens with zero attached hydrogens (tertiary/aromatic N) is 1. The standard InChI is InChI=1S/C10H16ClNS/c1-4-5-9(11)12-10(13-3)7-6-8(10)2/h4-5,8H,6-7H2,1-3H3/b5-4-,12-9?. The van der Waals surface area contributed by atoms with Gasteiger partial charge < -0.3 is 0 Å². The fourth-order valence-corrected chi connectivity index (χ4v) is 2.91. The molecule has 0 spiro atoms. The van der Waals surface area contributed by atoms with Gasteiger partial charge in [0.05, 0.1) is 0 Å². The fraction of sp³-hybridized carbons (Fsp3) is 0.700. The zero-order valence-corrected chi connectivity index (χ0v) is 9.95. The summed E-state index contributed by atoms with van der Waals surface area (Å²) in [6.07, 6.45) is 8.31. The van der Waals surface area contributed by atoms with Gasteiger partial charge in [-0.1, -0.05) is 24.6 Å². The van der Waals surface area contributed by atoms with Crippen molar-refractivity contribution in [3.63, 3.8) is 0 Å². The van der Waals surface area contributed by atoms with Crippen LogP contribution in [0.2, 0.25) is 0 Å². The molecule has 3 heteroatoms. The average molecular weight is 218 g/mol. The van der Waals surface area contributed by atoms with Gasteiger partial charge in [-0.25, -0.2) is 0 Å². The van der Waals surface area contributed by atoms with Crippen molar-refractivity contribution in [1.82, 2.24) is 0 Å². The minimum absolute atomic E-state index is 0.0661.